The summed E-state index contributed by atoms with van der Waals surface area (Å²) in [6.45, 7) is 2.07. The van der Waals surface area contributed by atoms with Gasteiger partial charge in [-0.3, -0.25) is 0 Å². The summed E-state index contributed by atoms with van der Waals surface area (Å²) in [5, 5.41) is 12.3. The Morgan fingerprint density at radius 1 is 1.38 bits per heavy atom. The molecule has 0 rings (SSSR count). The van der Waals surface area contributed by atoms with Gasteiger partial charge in [-0.15, -0.1) is 0 Å². The smallest absolute Gasteiger partial charge is 0.225 e. The van der Waals surface area contributed by atoms with Crippen molar-refractivity contribution >= 4 is 10.0 Å². The molecule has 0 aromatic rings. The Bertz CT molecular complexity index is 266. The molecule has 0 aliphatic heterocycles. The van der Waals surface area contributed by atoms with E-state index in [2.05, 4.69) is 6.92 Å². The molecule has 0 aliphatic rings. The molecule has 0 saturated carbocycles. The monoisotopic (exact) mass is 204 g/mol. The number of nitriles is 1. The molecule has 0 aromatic heterocycles. The second-order valence-corrected chi connectivity index (χ2v) is 4.80. The van der Waals surface area contributed by atoms with Crippen molar-refractivity contribution in [2.24, 2.45) is 5.14 Å². The van der Waals surface area contributed by atoms with E-state index in [1.807, 2.05) is 0 Å². The molecule has 0 aromatic carbocycles. The Balaban J connectivity index is 3.83. The lowest BCUT2D eigenvalue weighted by Gasteiger charge is -2.05. The van der Waals surface area contributed by atoms with E-state index >= 15 is 0 Å². The van der Waals surface area contributed by atoms with E-state index < -0.39 is 15.3 Å². The van der Waals surface area contributed by atoms with Crippen LogP contribution in [0, 0.1) is 11.3 Å². The zero-order chi connectivity index (χ0) is 10.3. The number of hydrogen-bond donors (Lipinski definition) is 1. The average molecular weight is 204 g/mol. The Kier molecular flexibility index (Phi) is 5.67. The number of hydrogen-bond acceptors (Lipinski definition) is 3. The summed E-state index contributed by atoms with van der Waals surface area (Å²) in [5.74, 6) is 0. The van der Waals surface area contributed by atoms with Gasteiger partial charge in [0.25, 0.3) is 0 Å². The minimum Gasteiger partial charge on any atom is -0.228 e. The van der Waals surface area contributed by atoms with E-state index in [0.29, 0.717) is 6.42 Å². The van der Waals surface area contributed by atoms with Crippen molar-refractivity contribution in [2.45, 2.75) is 44.3 Å². The predicted octanol–water partition coefficient (Wildman–Crippen LogP) is 1.14. The van der Waals surface area contributed by atoms with Crippen molar-refractivity contribution in [3.63, 3.8) is 0 Å². The van der Waals surface area contributed by atoms with E-state index in [1.54, 1.807) is 6.07 Å². The number of nitrogens with two attached hydrogens (primary N) is 1. The number of rotatable bonds is 6. The molecule has 0 aliphatic carbocycles. The molecule has 76 valence electrons. The molecule has 0 fully saturated rings. The van der Waals surface area contributed by atoms with E-state index in [4.69, 9.17) is 10.4 Å². The van der Waals surface area contributed by atoms with Crippen molar-refractivity contribution in [1.82, 2.24) is 0 Å². The number of nitrogens with zero attached hydrogens (tertiary/aromatic N) is 1. The Morgan fingerprint density at radius 3 is 2.38 bits per heavy atom. The van der Waals surface area contributed by atoms with Gasteiger partial charge in [-0.2, -0.15) is 5.26 Å². The molecule has 0 radical (unpaired) electrons. The topological polar surface area (TPSA) is 83.9 Å². The molecule has 0 spiro atoms. The molecule has 1 unspecified atom stereocenters. The first-order chi connectivity index (χ1) is 6.02. The van der Waals surface area contributed by atoms with Crippen molar-refractivity contribution in [3.8, 4) is 6.07 Å². The first-order valence-electron chi connectivity index (χ1n) is 4.43. The van der Waals surface area contributed by atoms with Crippen molar-refractivity contribution in [1.29, 1.82) is 5.26 Å². The highest BCUT2D eigenvalue weighted by molar-refractivity contribution is 7.90. The third kappa shape index (κ3) is 5.61. The predicted molar refractivity (Wildman–Crippen MR) is 51.3 cm³/mol. The van der Waals surface area contributed by atoms with Crippen molar-refractivity contribution in [2.75, 3.05) is 0 Å². The van der Waals surface area contributed by atoms with Gasteiger partial charge in [0.1, 0.15) is 0 Å². The standard InChI is InChI=1S/C8H16N2O2S/c1-2-3-4-5-6-8(7-9)13(10,11)12/h8H,2-6H2,1H3,(H2,10,11,12). The van der Waals surface area contributed by atoms with Crippen LogP contribution < -0.4 is 5.14 Å². The van der Waals surface area contributed by atoms with Gasteiger partial charge in [-0.25, -0.2) is 13.6 Å². The summed E-state index contributed by atoms with van der Waals surface area (Å²) in [5.41, 5.74) is 0. The maximum atomic E-state index is 10.8. The fourth-order valence-electron chi connectivity index (χ4n) is 1.06. The summed E-state index contributed by atoms with van der Waals surface area (Å²) in [7, 11) is -3.66. The summed E-state index contributed by atoms with van der Waals surface area (Å²) < 4.78 is 21.6. The normalized spacial score (nSPS) is 13.6. The Labute approximate surface area is 79.8 Å². The maximum Gasteiger partial charge on any atom is 0.225 e. The van der Waals surface area contributed by atoms with Gasteiger partial charge in [0.05, 0.1) is 6.07 Å². The van der Waals surface area contributed by atoms with E-state index in [0.717, 1.165) is 25.7 Å². The fraction of sp³-hybridized carbons (Fsp3) is 0.875. The number of unbranched alkanes of at least 4 members (excludes halogenated alkanes) is 3. The maximum absolute atomic E-state index is 10.8. The zero-order valence-corrected chi connectivity index (χ0v) is 8.68. The lowest BCUT2D eigenvalue weighted by atomic mass is 10.1. The van der Waals surface area contributed by atoms with Crippen LogP contribution in [0.3, 0.4) is 0 Å². The van der Waals surface area contributed by atoms with Crippen LogP contribution >= 0.6 is 0 Å². The molecular weight excluding hydrogens is 188 g/mol. The van der Waals surface area contributed by atoms with E-state index in [9.17, 15) is 8.42 Å². The average Bonchev–Trinajstić information content (AvgIpc) is 2.02. The summed E-state index contributed by atoms with van der Waals surface area (Å²) >= 11 is 0. The van der Waals surface area contributed by atoms with Crippen LogP contribution in [0.1, 0.15) is 39.0 Å². The van der Waals surface area contributed by atoms with Gasteiger partial charge in [0.15, 0.2) is 5.25 Å². The first kappa shape index (κ1) is 12.4. The number of primary sulfonamides is 1. The van der Waals surface area contributed by atoms with Crippen molar-refractivity contribution < 1.29 is 8.42 Å². The molecule has 0 heterocycles. The van der Waals surface area contributed by atoms with E-state index in [1.165, 1.54) is 0 Å². The van der Waals surface area contributed by atoms with Crippen LogP contribution in [0.4, 0.5) is 0 Å². The summed E-state index contributed by atoms with van der Waals surface area (Å²) in [4.78, 5) is 0. The van der Waals surface area contributed by atoms with Crippen LogP contribution in [0.5, 0.6) is 0 Å². The largest absolute Gasteiger partial charge is 0.228 e. The van der Waals surface area contributed by atoms with Gasteiger partial charge in [-0.05, 0) is 6.42 Å². The molecule has 4 nitrogen and oxygen atoms in total. The minimum atomic E-state index is -3.66. The van der Waals surface area contributed by atoms with Crippen LogP contribution in [-0.2, 0) is 10.0 Å². The Morgan fingerprint density at radius 2 is 2.00 bits per heavy atom. The number of sulfonamides is 1. The second kappa shape index (κ2) is 5.95. The quantitative estimate of drug-likeness (QED) is 0.658. The third-order valence-corrected chi connectivity index (χ3v) is 2.99. The molecule has 0 bridgehead atoms. The van der Waals surface area contributed by atoms with Crippen molar-refractivity contribution in [3.05, 3.63) is 0 Å². The van der Waals surface area contributed by atoms with Crippen LogP contribution in [0.15, 0.2) is 0 Å². The van der Waals surface area contributed by atoms with Gasteiger partial charge >= 0.3 is 0 Å². The summed E-state index contributed by atoms with van der Waals surface area (Å²) in [6, 6.07) is 1.71. The molecule has 5 heteroatoms. The highest BCUT2D eigenvalue weighted by Crippen LogP contribution is 2.09. The highest BCUT2D eigenvalue weighted by Gasteiger charge is 2.19. The second-order valence-electron chi connectivity index (χ2n) is 3.06. The summed E-state index contributed by atoms with van der Waals surface area (Å²) in [6.07, 6.45) is 4.23. The third-order valence-electron chi connectivity index (χ3n) is 1.86. The highest BCUT2D eigenvalue weighted by atomic mass is 32.2. The first-order valence-corrected chi connectivity index (χ1v) is 6.04. The van der Waals surface area contributed by atoms with Gasteiger partial charge in [-0.1, -0.05) is 32.6 Å². The lowest BCUT2D eigenvalue weighted by Crippen LogP contribution is -2.27. The van der Waals surface area contributed by atoms with Crippen LogP contribution in [-0.4, -0.2) is 13.7 Å². The minimum absolute atomic E-state index is 0.356. The molecule has 1 atom stereocenters. The fourth-order valence-corrected chi connectivity index (χ4v) is 1.70. The lowest BCUT2D eigenvalue weighted by molar-refractivity contribution is 0.575. The Hall–Kier alpha value is -0.600. The molecule has 2 N–H and O–H groups in total. The van der Waals surface area contributed by atoms with E-state index in [-0.39, 0.29) is 0 Å². The van der Waals surface area contributed by atoms with Gasteiger partial charge < -0.3 is 0 Å². The molecule has 13 heavy (non-hydrogen) atoms. The SMILES string of the molecule is CCCCCCC(C#N)S(N)(=O)=O. The zero-order valence-electron chi connectivity index (χ0n) is 7.86. The molecular formula is C8H16N2O2S. The van der Waals surface area contributed by atoms with Crippen LogP contribution in [0.2, 0.25) is 0 Å². The molecule has 0 saturated heterocycles. The molecule has 0 amide bonds. The van der Waals surface area contributed by atoms with Gasteiger partial charge in [0.2, 0.25) is 10.0 Å². The van der Waals surface area contributed by atoms with Gasteiger partial charge in [0, 0.05) is 0 Å². The van der Waals surface area contributed by atoms with Crippen LogP contribution in [0.25, 0.3) is 0 Å².